The molecule has 1 rings (SSSR count). The van der Waals surface area contributed by atoms with Gasteiger partial charge in [0, 0.05) is 25.7 Å². The van der Waals surface area contributed by atoms with Crippen LogP contribution in [0.2, 0.25) is 0 Å². The molecule has 0 aliphatic carbocycles. The zero-order valence-electron chi connectivity index (χ0n) is 12.1. The van der Waals surface area contributed by atoms with E-state index in [1.54, 1.807) is 0 Å². The highest BCUT2D eigenvalue weighted by molar-refractivity contribution is 4.80. The van der Waals surface area contributed by atoms with Crippen LogP contribution in [0.4, 0.5) is 0 Å². The van der Waals surface area contributed by atoms with Gasteiger partial charge in [-0.05, 0) is 60.7 Å². The minimum atomic E-state index is 0.767. The van der Waals surface area contributed by atoms with Gasteiger partial charge in [0.1, 0.15) is 0 Å². The van der Waals surface area contributed by atoms with Gasteiger partial charge in [-0.15, -0.1) is 0 Å². The summed E-state index contributed by atoms with van der Waals surface area (Å²) in [5.74, 6) is 0. The van der Waals surface area contributed by atoms with Crippen LogP contribution < -0.4 is 5.32 Å². The molecule has 0 spiro atoms. The summed E-state index contributed by atoms with van der Waals surface area (Å²) in [5.41, 5.74) is 0. The first-order valence-corrected chi connectivity index (χ1v) is 6.84. The SMILES string of the molecule is CN(C)CCCNCCN1CCC(N(C)C)C1. The first-order chi connectivity index (χ1) is 8.09. The molecule has 1 aliphatic rings. The Labute approximate surface area is 107 Å². The van der Waals surface area contributed by atoms with Crippen molar-refractivity contribution in [3.8, 4) is 0 Å². The Morgan fingerprint density at radius 2 is 1.94 bits per heavy atom. The number of hydrogen-bond donors (Lipinski definition) is 1. The van der Waals surface area contributed by atoms with Crippen LogP contribution in [0.15, 0.2) is 0 Å². The maximum atomic E-state index is 3.53. The van der Waals surface area contributed by atoms with Gasteiger partial charge in [0.15, 0.2) is 0 Å². The van der Waals surface area contributed by atoms with Crippen LogP contribution in [0.3, 0.4) is 0 Å². The minimum absolute atomic E-state index is 0.767. The number of nitrogens with one attached hydrogen (secondary N) is 1. The van der Waals surface area contributed by atoms with E-state index in [2.05, 4.69) is 48.2 Å². The number of likely N-dealkylation sites (N-methyl/N-ethyl adjacent to an activating group) is 1. The topological polar surface area (TPSA) is 21.8 Å². The van der Waals surface area contributed by atoms with Crippen molar-refractivity contribution in [2.24, 2.45) is 0 Å². The van der Waals surface area contributed by atoms with Gasteiger partial charge >= 0.3 is 0 Å². The normalized spacial score (nSPS) is 21.9. The molecule has 0 aromatic heterocycles. The molecule has 4 nitrogen and oxygen atoms in total. The van der Waals surface area contributed by atoms with Crippen molar-refractivity contribution in [2.45, 2.75) is 18.9 Å². The molecule has 102 valence electrons. The zero-order chi connectivity index (χ0) is 12.7. The third-order valence-corrected chi connectivity index (χ3v) is 3.54. The van der Waals surface area contributed by atoms with Gasteiger partial charge in [-0.1, -0.05) is 0 Å². The Balaban J connectivity index is 1.94. The Hall–Kier alpha value is -0.160. The Morgan fingerprint density at radius 3 is 2.53 bits per heavy atom. The smallest absolute Gasteiger partial charge is 0.0229 e. The van der Waals surface area contributed by atoms with Crippen molar-refractivity contribution < 1.29 is 0 Å². The molecular weight excluding hydrogens is 212 g/mol. The van der Waals surface area contributed by atoms with E-state index in [-0.39, 0.29) is 0 Å². The van der Waals surface area contributed by atoms with E-state index in [9.17, 15) is 0 Å². The number of likely N-dealkylation sites (tertiary alicyclic amines) is 1. The van der Waals surface area contributed by atoms with Gasteiger partial charge in [0.05, 0.1) is 0 Å². The van der Waals surface area contributed by atoms with Crippen LogP contribution in [0.25, 0.3) is 0 Å². The number of hydrogen-bond acceptors (Lipinski definition) is 4. The highest BCUT2D eigenvalue weighted by Crippen LogP contribution is 2.11. The average molecular weight is 242 g/mol. The molecule has 1 unspecified atom stereocenters. The Morgan fingerprint density at radius 1 is 1.18 bits per heavy atom. The first-order valence-electron chi connectivity index (χ1n) is 6.84. The van der Waals surface area contributed by atoms with Gasteiger partial charge in [-0.3, -0.25) is 0 Å². The maximum absolute atomic E-state index is 3.53. The van der Waals surface area contributed by atoms with Gasteiger partial charge in [-0.2, -0.15) is 0 Å². The lowest BCUT2D eigenvalue weighted by atomic mass is 10.2. The molecular formula is C13H30N4. The summed E-state index contributed by atoms with van der Waals surface area (Å²) < 4.78 is 0. The molecule has 1 aliphatic heterocycles. The fourth-order valence-corrected chi connectivity index (χ4v) is 2.32. The summed E-state index contributed by atoms with van der Waals surface area (Å²) in [6, 6.07) is 0.767. The van der Waals surface area contributed by atoms with Crippen molar-refractivity contribution in [1.82, 2.24) is 20.0 Å². The Kier molecular flexibility index (Phi) is 7.04. The van der Waals surface area contributed by atoms with Crippen molar-refractivity contribution in [2.75, 3.05) is 67.5 Å². The molecule has 1 atom stereocenters. The molecule has 0 aromatic rings. The standard InChI is InChI=1S/C13H30N4/c1-15(2)9-5-7-14-8-11-17-10-6-13(12-17)16(3)4/h13-14H,5-12H2,1-4H3. The molecule has 0 aromatic carbocycles. The predicted octanol–water partition coefficient (Wildman–Crippen LogP) is 0.164. The molecule has 1 fully saturated rings. The van der Waals surface area contributed by atoms with Crippen LogP contribution in [0.1, 0.15) is 12.8 Å². The van der Waals surface area contributed by atoms with E-state index in [0.717, 1.165) is 19.1 Å². The van der Waals surface area contributed by atoms with Crippen LogP contribution in [0.5, 0.6) is 0 Å². The van der Waals surface area contributed by atoms with Crippen molar-refractivity contribution >= 4 is 0 Å². The lowest BCUT2D eigenvalue weighted by Crippen LogP contribution is -2.35. The summed E-state index contributed by atoms with van der Waals surface area (Å²) in [4.78, 5) is 7.16. The molecule has 4 heteroatoms. The fourth-order valence-electron chi connectivity index (χ4n) is 2.32. The fraction of sp³-hybridized carbons (Fsp3) is 1.00. The van der Waals surface area contributed by atoms with E-state index in [0.29, 0.717) is 0 Å². The van der Waals surface area contributed by atoms with Crippen LogP contribution >= 0.6 is 0 Å². The number of rotatable bonds is 8. The van der Waals surface area contributed by atoms with E-state index in [1.165, 1.54) is 39.0 Å². The molecule has 1 saturated heterocycles. The van der Waals surface area contributed by atoms with Gasteiger partial charge in [0.2, 0.25) is 0 Å². The summed E-state index contributed by atoms with van der Waals surface area (Å²) in [6.07, 6.45) is 2.57. The molecule has 0 saturated carbocycles. The molecule has 0 radical (unpaired) electrons. The molecule has 0 bridgehead atoms. The summed E-state index contributed by atoms with van der Waals surface area (Å²) in [5, 5.41) is 3.53. The second kappa shape index (κ2) is 8.03. The Bertz CT molecular complexity index is 194. The first kappa shape index (κ1) is 14.9. The van der Waals surface area contributed by atoms with E-state index in [1.807, 2.05) is 0 Å². The highest BCUT2D eigenvalue weighted by Gasteiger charge is 2.22. The average Bonchev–Trinajstić information content (AvgIpc) is 2.71. The lowest BCUT2D eigenvalue weighted by Gasteiger charge is -2.20. The lowest BCUT2D eigenvalue weighted by molar-refractivity contribution is 0.268. The third-order valence-electron chi connectivity index (χ3n) is 3.54. The summed E-state index contributed by atoms with van der Waals surface area (Å²) in [7, 11) is 8.64. The molecule has 1 N–H and O–H groups in total. The van der Waals surface area contributed by atoms with E-state index < -0.39 is 0 Å². The second-order valence-electron chi connectivity index (χ2n) is 5.61. The van der Waals surface area contributed by atoms with Gasteiger partial charge in [-0.25, -0.2) is 0 Å². The van der Waals surface area contributed by atoms with Crippen molar-refractivity contribution in [3.63, 3.8) is 0 Å². The highest BCUT2D eigenvalue weighted by atomic mass is 15.2. The monoisotopic (exact) mass is 242 g/mol. The quantitative estimate of drug-likeness (QED) is 0.612. The molecule has 17 heavy (non-hydrogen) atoms. The predicted molar refractivity (Wildman–Crippen MR) is 74.6 cm³/mol. The second-order valence-corrected chi connectivity index (χ2v) is 5.61. The van der Waals surface area contributed by atoms with Gasteiger partial charge in [0.25, 0.3) is 0 Å². The van der Waals surface area contributed by atoms with E-state index >= 15 is 0 Å². The van der Waals surface area contributed by atoms with Crippen molar-refractivity contribution in [1.29, 1.82) is 0 Å². The largest absolute Gasteiger partial charge is 0.315 e. The van der Waals surface area contributed by atoms with Crippen LogP contribution in [-0.2, 0) is 0 Å². The summed E-state index contributed by atoms with van der Waals surface area (Å²) >= 11 is 0. The molecule has 0 amide bonds. The maximum Gasteiger partial charge on any atom is 0.0229 e. The number of nitrogens with zero attached hydrogens (tertiary/aromatic N) is 3. The van der Waals surface area contributed by atoms with Gasteiger partial charge < -0.3 is 20.0 Å². The zero-order valence-corrected chi connectivity index (χ0v) is 12.1. The minimum Gasteiger partial charge on any atom is -0.315 e. The van der Waals surface area contributed by atoms with Crippen molar-refractivity contribution in [3.05, 3.63) is 0 Å². The third kappa shape index (κ3) is 6.36. The van der Waals surface area contributed by atoms with Crippen LogP contribution in [0, 0.1) is 0 Å². The molecule has 1 heterocycles. The summed E-state index contributed by atoms with van der Waals surface area (Å²) in [6.45, 7) is 7.16. The van der Waals surface area contributed by atoms with E-state index in [4.69, 9.17) is 0 Å². The van der Waals surface area contributed by atoms with Crippen LogP contribution in [-0.4, -0.2) is 88.2 Å².